The third-order valence-electron chi connectivity index (χ3n) is 4.81. The number of carbonyl (C=O) groups excluding carboxylic acids is 1. The lowest BCUT2D eigenvalue weighted by Crippen LogP contribution is -2.41. The number of aromatic nitrogens is 2. The van der Waals surface area contributed by atoms with Crippen LogP contribution in [0.2, 0.25) is 0 Å². The van der Waals surface area contributed by atoms with Gasteiger partial charge in [0.15, 0.2) is 0 Å². The molecule has 0 bridgehead atoms. The maximum absolute atomic E-state index is 13.2. The summed E-state index contributed by atoms with van der Waals surface area (Å²) in [6.07, 6.45) is 5.32. The second kappa shape index (κ2) is 7.19. The first-order valence-electron chi connectivity index (χ1n) is 9.06. The summed E-state index contributed by atoms with van der Waals surface area (Å²) in [7, 11) is 0. The molecule has 3 heterocycles. The Bertz CT molecular complexity index is 1100. The van der Waals surface area contributed by atoms with Gasteiger partial charge in [0, 0.05) is 4.88 Å². The van der Waals surface area contributed by atoms with Crippen molar-refractivity contribution in [1.29, 1.82) is 0 Å². The summed E-state index contributed by atoms with van der Waals surface area (Å²) in [6.45, 7) is 1.79. The number of esters is 1. The minimum atomic E-state index is -0.518. The van der Waals surface area contributed by atoms with Gasteiger partial charge in [0.1, 0.15) is 17.1 Å². The smallest absolute Gasteiger partial charge is 0.333 e. The second-order valence-corrected chi connectivity index (χ2v) is 7.62. The van der Waals surface area contributed by atoms with E-state index in [0.29, 0.717) is 16.0 Å². The van der Waals surface area contributed by atoms with Crippen molar-refractivity contribution in [2.45, 2.75) is 45.7 Å². The number of thiophene rings is 1. The zero-order valence-corrected chi connectivity index (χ0v) is 15.8. The van der Waals surface area contributed by atoms with Gasteiger partial charge < -0.3 is 9.15 Å². The molecule has 27 heavy (non-hydrogen) atoms. The van der Waals surface area contributed by atoms with Crippen molar-refractivity contribution in [3.05, 3.63) is 55.4 Å². The Balaban J connectivity index is 1.95. The number of nitrogens with zero attached hydrogens (tertiary/aromatic N) is 2. The molecule has 0 unspecified atom stereocenters. The molecular weight excluding hydrogens is 368 g/mol. The van der Waals surface area contributed by atoms with Crippen LogP contribution in [0.15, 0.2) is 32.4 Å². The van der Waals surface area contributed by atoms with E-state index in [-0.39, 0.29) is 25.3 Å². The lowest BCUT2D eigenvalue weighted by atomic mass is 9.97. The van der Waals surface area contributed by atoms with Crippen LogP contribution in [-0.2, 0) is 35.5 Å². The molecule has 0 amide bonds. The molecule has 0 saturated heterocycles. The fourth-order valence-electron chi connectivity index (χ4n) is 3.59. The maximum atomic E-state index is 13.2. The van der Waals surface area contributed by atoms with Crippen molar-refractivity contribution in [2.24, 2.45) is 0 Å². The summed E-state index contributed by atoms with van der Waals surface area (Å²) < 4.78 is 12.9. The highest BCUT2D eigenvalue weighted by molar-refractivity contribution is 7.18. The van der Waals surface area contributed by atoms with Crippen molar-refractivity contribution >= 4 is 27.5 Å². The molecule has 3 aromatic heterocycles. The van der Waals surface area contributed by atoms with Gasteiger partial charge in [-0.1, -0.05) is 0 Å². The van der Waals surface area contributed by atoms with E-state index in [1.165, 1.54) is 22.2 Å². The summed E-state index contributed by atoms with van der Waals surface area (Å²) in [6, 6.07) is 3.43. The number of aryl methyl sites for hydroxylation is 2. The van der Waals surface area contributed by atoms with Gasteiger partial charge in [0.25, 0.3) is 5.56 Å². The summed E-state index contributed by atoms with van der Waals surface area (Å²) in [5.74, 6) is 0.0239. The van der Waals surface area contributed by atoms with Crippen LogP contribution in [0.4, 0.5) is 0 Å². The molecule has 0 spiro atoms. The maximum Gasteiger partial charge on any atom is 0.333 e. The highest BCUT2D eigenvalue weighted by atomic mass is 32.1. The predicted octanol–water partition coefficient (Wildman–Crippen LogP) is 2.31. The molecule has 0 saturated carbocycles. The van der Waals surface area contributed by atoms with E-state index in [1.54, 1.807) is 19.1 Å². The zero-order chi connectivity index (χ0) is 19.0. The molecule has 3 aromatic rings. The van der Waals surface area contributed by atoms with Gasteiger partial charge in [-0.05, 0) is 50.3 Å². The van der Waals surface area contributed by atoms with Crippen molar-refractivity contribution in [2.75, 3.05) is 6.61 Å². The summed E-state index contributed by atoms with van der Waals surface area (Å²) in [4.78, 5) is 40.0. The topological polar surface area (TPSA) is 83.4 Å². The van der Waals surface area contributed by atoms with E-state index >= 15 is 0 Å². The molecule has 0 aromatic carbocycles. The van der Waals surface area contributed by atoms with E-state index in [9.17, 15) is 14.4 Å². The van der Waals surface area contributed by atoms with E-state index in [2.05, 4.69) is 0 Å². The van der Waals surface area contributed by atoms with Crippen molar-refractivity contribution in [1.82, 2.24) is 9.13 Å². The van der Waals surface area contributed by atoms with Gasteiger partial charge in [-0.15, -0.1) is 11.3 Å². The van der Waals surface area contributed by atoms with E-state index in [4.69, 9.17) is 9.15 Å². The molecule has 0 fully saturated rings. The molecule has 0 radical (unpaired) electrons. The number of rotatable bonds is 5. The van der Waals surface area contributed by atoms with Gasteiger partial charge in [0.05, 0.1) is 24.8 Å². The Labute approximate surface area is 158 Å². The van der Waals surface area contributed by atoms with Crippen LogP contribution in [0.3, 0.4) is 0 Å². The predicted molar refractivity (Wildman–Crippen MR) is 101 cm³/mol. The average Bonchev–Trinajstić information content (AvgIpc) is 3.30. The third-order valence-corrected chi connectivity index (χ3v) is 6.12. The van der Waals surface area contributed by atoms with E-state index < -0.39 is 11.7 Å². The molecule has 1 aliphatic rings. The van der Waals surface area contributed by atoms with Crippen molar-refractivity contribution < 1.29 is 13.9 Å². The van der Waals surface area contributed by atoms with Crippen LogP contribution in [0.25, 0.3) is 10.2 Å². The lowest BCUT2D eigenvalue weighted by molar-refractivity contribution is -0.143. The fraction of sp³-hybridized carbons (Fsp3) is 0.421. The number of ether oxygens (including phenoxy) is 1. The molecule has 0 N–H and O–H groups in total. The summed E-state index contributed by atoms with van der Waals surface area (Å²) in [5, 5.41) is 0.560. The molecular formula is C19H20N2O5S. The first kappa shape index (κ1) is 17.8. The fourth-order valence-corrected chi connectivity index (χ4v) is 4.96. The van der Waals surface area contributed by atoms with Crippen molar-refractivity contribution in [3.8, 4) is 0 Å². The van der Waals surface area contributed by atoms with Gasteiger partial charge in [-0.3, -0.25) is 18.7 Å². The quantitative estimate of drug-likeness (QED) is 0.627. The Morgan fingerprint density at radius 3 is 2.81 bits per heavy atom. The highest BCUT2D eigenvalue weighted by Gasteiger charge is 2.24. The SMILES string of the molecule is CCOC(=O)Cn1c(=O)n(Cc2ccco2)c(=O)c2c3c(sc21)CCCC3. The van der Waals surface area contributed by atoms with Crippen LogP contribution in [0.1, 0.15) is 36.0 Å². The minimum Gasteiger partial charge on any atom is -0.467 e. The van der Waals surface area contributed by atoms with E-state index in [0.717, 1.165) is 40.7 Å². The van der Waals surface area contributed by atoms with Crippen molar-refractivity contribution in [3.63, 3.8) is 0 Å². The number of hydrogen-bond acceptors (Lipinski definition) is 6. The van der Waals surface area contributed by atoms with Crippen LogP contribution in [-0.4, -0.2) is 21.7 Å². The minimum absolute atomic E-state index is 0.0358. The normalized spacial score (nSPS) is 13.7. The lowest BCUT2D eigenvalue weighted by Gasteiger charge is -2.12. The largest absolute Gasteiger partial charge is 0.467 e. The van der Waals surface area contributed by atoms with Gasteiger partial charge in [-0.25, -0.2) is 4.79 Å². The molecule has 4 rings (SSSR count). The number of fused-ring (bicyclic) bond motifs is 3. The standard InChI is InChI=1S/C19H20N2O5S/c1-2-25-15(22)11-21-18-16(13-7-3-4-8-14(13)27-18)17(23)20(19(21)24)10-12-6-5-9-26-12/h5-6,9H,2-4,7-8,10-11H2,1H3. The monoisotopic (exact) mass is 388 g/mol. The van der Waals surface area contributed by atoms with Crippen LogP contribution in [0.5, 0.6) is 0 Å². The Kier molecular flexibility index (Phi) is 4.73. The van der Waals surface area contributed by atoms with Crippen LogP contribution in [0, 0.1) is 0 Å². The average molecular weight is 388 g/mol. The number of hydrogen-bond donors (Lipinski definition) is 0. The number of carbonyl (C=O) groups is 1. The number of furan rings is 1. The Hall–Kier alpha value is -2.61. The first-order valence-corrected chi connectivity index (χ1v) is 9.87. The first-order chi connectivity index (χ1) is 13.1. The van der Waals surface area contributed by atoms with Gasteiger partial charge in [-0.2, -0.15) is 0 Å². The Morgan fingerprint density at radius 2 is 2.07 bits per heavy atom. The highest BCUT2D eigenvalue weighted by Crippen LogP contribution is 2.34. The molecule has 7 nitrogen and oxygen atoms in total. The zero-order valence-electron chi connectivity index (χ0n) is 15.0. The Morgan fingerprint density at radius 1 is 1.26 bits per heavy atom. The van der Waals surface area contributed by atoms with Crippen LogP contribution < -0.4 is 11.2 Å². The summed E-state index contributed by atoms with van der Waals surface area (Å²) >= 11 is 1.45. The molecule has 0 aliphatic heterocycles. The molecule has 8 heteroatoms. The van der Waals surface area contributed by atoms with E-state index in [1.807, 2.05) is 0 Å². The molecule has 142 valence electrons. The third kappa shape index (κ3) is 3.14. The van der Waals surface area contributed by atoms with Gasteiger partial charge >= 0.3 is 11.7 Å². The molecule has 0 atom stereocenters. The van der Waals surface area contributed by atoms with Gasteiger partial charge in [0.2, 0.25) is 0 Å². The second-order valence-electron chi connectivity index (χ2n) is 6.54. The molecule has 1 aliphatic carbocycles. The van der Waals surface area contributed by atoms with Crippen LogP contribution >= 0.6 is 11.3 Å². The summed E-state index contributed by atoms with van der Waals surface area (Å²) in [5.41, 5.74) is 0.193.